The molecule has 28 heavy (non-hydrogen) atoms. The highest BCUT2D eigenvalue weighted by molar-refractivity contribution is 5.80. The standard InChI is InChI=1S/C20H14N6O2/c21-10-11-28-17-8-6-15(7-9-17)12-23-25-14-22-19-18(20(25)27)13-24-26(19)16-4-2-1-3-5-16/h1-9,12-14H,11H2/b23-12-. The van der Waals surface area contributed by atoms with Crippen LogP contribution in [0.5, 0.6) is 5.75 Å². The molecule has 136 valence electrons. The second-order valence-corrected chi connectivity index (χ2v) is 5.78. The van der Waals surface area contributed by atoms with Crippen molar-refractivity contribution in [3.63, 3.8) is 0 Å². The van der Waals surface area contributed by atoms with E-state index < -0.39 is 0 Å². The molecule has 0 saturated heterocycles. The lowest BCUT2D eigenvalue weighted by Gasteiger charge is -2.03. The maximum atomic E-state index is 12.7. The lowest BCUT2D eigenvalue weighted by molar-refractivity contribution is 0.368. The van der Waals surface area contributed by atoms with E-state index in [0.717, 1.165) is 11.3 Å². The second kappa shape index (κ2) is 7.55. The van der Waals surface area contributed by atoms with E-state index in [1.165, 1.54) is 17.2 Å². The number of ether oxygens (including phenoxy) is 1. The number of hydrogen-bond donors (Lipinski definition) is 0. The molecule has 0 unspecified atom stereocenters. The minimum atomic E-state index is -0.308. The van der Waals surface area contributed by atoms with E-state index in [1.807, 2.05) is 36.4 Å². The Morgan fingerprint density at radius 1 is 1.14 bits per heavy atom. The van der Waals surface area contributed by atoms with Crippen LogP contribution in [0, 0.1) is 11.3 Å². The molecule has 0 aliphatic rings. The van der Waals surface area contributed by atoms with Crippen LogP contribution >= 0.6 is 0 Å². The molecule has 0 fully saturated rings. The number of aromatic nitrogens is 4. The highest BCUT2D eigenvalue weighted by Crippen LogP contribution is 2.13. The van der Waals surface area contributed by atoms with Gasteiger partial charge in [0.15, 0.2) is 12.3 Å². The van der Waals surface area contributed by atoms with Crippen LogP contribution in [0.1, 0.15) is 5.56 Å². The van der Waals surface area contributed by atoms with E-state index in [2.05, 4.69) is 15.2 Å². The van der Waals surface area contributed by atoms with Crippen molar-refractivity contribution in [2.45, 2.75) is 0 Å². The van der Waals surface area contributed by atoms with Gasteiger partial charge in [-0.05, 0) is 42.0 Å². The zero-order valence-corrected chi connectivity index (χ0v) is 14.6. The van der Waals surface area contributed by atoms with Gasteiger partial charge in [0.25, 0.3) is 5.56 Å². The monoisotopic (exact) mass is 370 g/mol. The molecule has 8 heteroatoms. The molecular weight excluding hydrogens is 356 g/mol. The molecule has 2 aromatic heterocycles. The molecular formula is C20H14N6O2. The Bertz CT molecular complexity index is 1230. The summed E-state index contributed by atoms with van der Waals surface area (Å²) in [5, 5.41) is 17.4. The van der Waals surface area contributed by atoms with Crippen molar-refractivity contribution < 1.29 is 4.74 Å². The molecule has 0 bridgehead atoms. The van der Waals surface area contributed by atoms with Gasteiger partial charge in [0, 0.05) is 0 Å². The highest BCUT2D eigenvalue weighted by atomic mass is 16.5. The Kier molecular flexibility index (Phi) is 4.63. The molecule has 8 nitrogen and oxygen atoms in total. The summed E-state index contributed by atoms with van der Waals surface area (Å²) in [4.78, 5) is 17.0. The average Bonchev–Trinajstić information content (AvgIpc) is 3.18. The van der Waals surface area contributed by atoms with Gasteiger partial charge in [-0.2, -0.15) is 20.1 Å². The topological polar surface area (TPSA) is 98.1 Å². The van der Waals surface area contributed by atoms with E-state index in [9.17, 15) is 4.79 Å². The first-order valence-corrected chi connectivity index (χ1v) is 8.41. The number of nitriles is 1. The largest absolute Gasteiger partial charge is 0.479 e. The number of nitrogens with zero attached hydrogens (tertiary/aromatic N) is 6. The fourth-order valence-corrected chi connectivity index (χ4v) is 2.64. The van der Waals surface area contributed by atoms with E-state index >= 15 is 0 Å². The molecule has 0 spiro atoms. The number of fused-ring (bicyclic) bond motifs is 1. The van der Waals surface area contributed by atoms with Crippen molar-refractivity contribution in [1.82, 2.24) is 19.4 Å². The van der Waals surface area contributed by atoms with Crippen molar-refractivity contribution in [2.24, 2.45) is 5.10 Å². The minimum Gasteiger partial charge on any atom is -0.479 e. The third-order valence-corrected chi connectivity index (χ3v) is 3.99. The molecule has 0 amide bonds. The molecule has 0 aliphatic carbocycles. The number of para-hydroxylation sites is 1. The summed E-state index contributed by atoms with van der Waals surface area (Å²) in [6.45, 7) is -0.00875. The van der Waals surface area contributed by atoms with Crippen LogP contribution in [0.4, 0.5) is 0 Å². The Labute approximate surface area is 159 Å². The van der Waals surface area contributed by atoms with Gasteiger partial charge in [-0.3, -0.25) is 4.79 Å². The molecule has 2 aromatic carbocycles. The summed E-state index contributed by atoms with van der Waals surface area (Å²) in [6, 6.07) is 18.4. The van der Waals surface area contributed by atoms with Gasteiger partial charge in [-0.15, -0.1) is 0 Å². The first-order valence-electron chi connectivity index (χ1n) is 8.41. The number of hydrogen-bond acceptors (Lipinski definition) is 6. The smallest absolute Gasteiger partial charge is 0.285 e. The highest BCUT2D eigenvalue weighted by Gasteiger charge is 2.10. The Morgan fingerprint density at radius 3 is 2.68 bits per heavy atom. The van der Waals surface area contributed by atoms with Crippen LogP contribution in [0.25, 0.3) is 16.7 Å². The predicted molar refractivity (Wildman–Crippen MR) is 104 cm³/mol. The zero-order valence-electron chi connectivity index (χ0n) is 14.6. The van der Waals surface area contributed by atoms with E-state index in [-0.39, 0.29) is 12.2 Å². The van der Waals surface area contributed by atoms with Crippen molar-refractivity contribution >= 4 is 17.2 Å². The van der Waals surface area contributed by atoms with Crippen LogP contribution in [0.2, 0.25) is 0 Å². The van der Waals surface area contributed by atoms with E-state index in [1.54, 1.807) is 35.2 Å². The van der Waals surface area contributed by atoms with Crippen LogP contribution < -0.4 is 10.3 Å². The molecule has 2 heterocycles. The van der Waals surface area contributed by atoms with Crippen LogP contribution in [0.3, 0.4) is 0 Å². The molecule has 0 N–H and O–H groups in total. The first-order chi connectivity index (χ1) is 13.8. The normalized spacial score (nSPS) is 11.0. The molecule has 0 aliphatic heterocycles. The third-order valence-electron chi connectivity index (χ3n) is 3.99. The predicted octanol–water partition coefficient (Wildman–Crippen LogP) is 2.37. The second-order valence-electron chi connectivity index (χ2n) is 5.78. The van der Waals surface area contributed by atoms with Gasteiger partial charge in [0.05, 0.1) is 18.1 Å². The van der Waals surface area contributed by atoms with Gasteiger partial charge < -0.3 is 4.74 Å². The minimum absolute atomic E-state index is 0.00875. The first kappa shape index (κ1) is 17.2. The zero-order chi connectivity index (χ0) is 19.3. The fourth-order valence-electron chi connectivity index (χ4n) is 2.64. The summed E-state index contributed by atoms with van der Waals surface area (Å²) in [7, 11) is 0. The Morgan fingerprint density at radius 2 is 1.93 bits per heavy atom. The van der Waals surface area contributed by atoms with Crippen molar-refractivity contribution in [2.75, 3.05) is 6.61 Å². The Balaban J connectivity index is 1.61. The Hall–Kier alpha value is -4.25. The van der Waals surface area contributed by atoms with Crippen molar-refractivity contribution in [1.29, 1.82) is 5.26 Å². The van der Waals surface area contributed by atoms with Crippen molar-refractivity contribution in [3.05, 3.63) is 83.0 Å². The fraction of sp³-hybridized carbons (Fsp3) is 0.0500. The SMILES string of the molecule is N#CCOc1ccc(/C=N\n2cnc3c(cnn3-c3ccccc3)c2=O)cc1. The average molecular weight is 370 g/mol. The molecule has 0 saturated carbocycles. The molecule has 4 rings (SSSR count). The molecule has 0 atom stereocenters. The summed E-state index contributed by atoms with van der Waals surface area (Å²) in [6.07, 6.45) is 4.41. The van der Waals surface area contributed by atoms with E-state index in [4.69, 9.17) is 10.00 Å². The molecule has 4 aromatic rings. The number of benzene rings is 2. The van der Waals surface area contributed by atoms with Gasteiger partial charge in [-0.25, -0.2) is 9.67 Å². The summed E-state index contributed by atoms with van der Waals surface area (Å²) < 4.78 is 7.98. The van der Waals surface area contributed by atoms with Crippen LogP contribution in [0.15, 0.2) is 77.0 Å². The number of rotatable bonds is 5. The maximum absolute atomic E-state index is 12.7. The summed E-state index contributed by atoms with van der Waals surface area (Å²) >= 11 is 0. The summed E-state index contributed by atoms with van der Waals surface area (Å²) in [5.41, 5.74) is 1.76. The van der Waals surface area contributed by atoms with Gasteiger partial charge in [0.2, 0.25) is 0 Å². The lowest BCUT2D eigenvalue weighted by atomic mass is 10.2. The van der Waals surface area contributed by atoms with Gasteiger partial charge in [0.1, 0.15) is 23.5 Å². The van der Waals surface area contributed by atoms with Gasteiger partial charge in [-0.1, -0.05) is 18.2 Å². The van der Waals surface area contributed by atoms with Crippen molar-refractivity contribution in [3.8, 4) is 17.5 Å². The van der Waals surface area contributed by atoms with Crippen LogP contribution in [-0.4, -0.2) is 32.3 Å². The third kappa shape index (κ3) is 3.37. The maximum Gasteiger partial charge on any atom is 0.285 e. The lowest BCUT2D eigenvalue weighted by Crippen LogP contribution is -2.17. The molecule has 0 radical (unpaired) electrons. The summed E-state index contributed by atoms with van der Waals surface area (Å²) in [5.74, 6) is 0.590. The quantitative estimate of drug-likeness (QED) is 0.502. The van der Waals surface area contributed by atoms with Gasteiger partial charge >= 0.3 is 0 Å². The van der Waals surface area contributed by atoms with Crippen LogP contribution in [-0.2, 0) is 0 Å². The van der Waals surface area contributed by atoms with E-state index in [0.29, 0.717) is 16.8 Å².